The Bertz CT molecular complexity index is 759. The normalized spacial score (nSPS) is 15.1. The quantitative estimate of drug-likeness (QED) is 0.863. The Morgan fingerprint density at radius 2 is 1.71 bits per heavy atom. The van der Waals surface area contributed by atoms with Crippen molar-refractivity contribution in [2.45, 2.75) is 6.54 Å². The second-order valence-electron chi connectivity index (χ2n) is 5.84. The van der Waals surface area contributed by atoms with Crippen molar-refractivity contribution in [2.75, 3.05) is 26.2 Å². The van der Waals surface area contributed by atoms with Gasteiger partial charge in [-0.25, -0.2) is 0 Å². The van der Waals surface area contributed by atoms with Gasteiger partial charge in [-0.2, -0.15) is 5.26 Å². The lowest BCUT2D eigenvalue weighted by Crippen LogP contribution is -2.48. The van der Waals surface area contributed by atoms with E-state index >= 15 is 0 Å². The Morgan fingerprint density at radius 3 is 2.38 bits per heavy atom. The van der Waals surface area contributed by atoms with Crippen molar-refractivity contribution in [2.24, 2.45) is 0 Å². The molecule has 122 valence electrons. The van der Waals surface area contributed by atoms with E-state index in [0.717, 1.165) is 30.8 Å². The third kappa shape index (κ3) is 3.76. The summed E-state index contributed by atoms with van der Waals surface area (Å²) in [7, 11) is 0. The molecule has 24 heavy (non-hydrogen) atoms. The van der Waals surface area contributed by atoms with E-state index in [-0.39, 0.29) is 5.91 Å². The summed E-state index contributed by atoms with van der Waals surface area (Å²) >= 11 is 5.87. The second-order valence-corrected chi connectivity index (χ2v) is 6.28. The molecule has 4 nitrogen and oxygen atoms in total. The van der Waals surface area contributed by atoms with Crippen LogP contribution in [-0.4, -0.2) is 41.9 Å². The van der Waals surface area contributed by atoms with E-state index in [1.54, 1.807) is 24.3 Å². The maximum absolute atomic E-state index is 12.5. The summed E-state index contributed by atoms with van der Waals surface area (Å²) in [5.41, 5.74) is 2.43. The Kier molecular flexibility index (Phi) is 5.14. The monoisotopic (exact) mass is 339 g/mol. The van der Waals surface area contributed by atoms with Gasteiger partial charge in [-0.15, -0.1) is 0 Å². The van der Waals surface area contributed by atoms with Crippen molar-refractivity contribution in [3.05, 3.63) is 70.2 Å². The molecule has 3 rings (SSSR count). The van der Waals surface area contributed by atoms with Crippen LogP contribution in [0.25, 0.3) is 0 Å². The molecule has 0 aliphatic carbocycles. The number of hydrogen-bond acceptors (Lipinski definition) is 3. The topological polar surface area (TPSA) is 47.3 Å². The highest BCUT2D eigenvalue weighted by Gasteiger charge is 2.22. The molecule has 1 amide bonds. The SMILES string of the molecule is N#Cc1ccccc1CN1CCN(C(=O)c2ccc(Cl)cc2)CC1. The predicted octanol–water partition coefficient (Wildman–Crippen LogP) is 3.17. The highest BCUT2D eigenvalue weighted by molar-refractivity contribution is 6.30. The number of hydrogen-bond donors (Lipinski definition) is 0. The average Bonchev–Trinajstić information content (AvgIpc) is 2.63. The van der Waals surface area contributed by atoms with Crippen molar-refractivity contribution < 1.29 is 4.79 Å². The molecule has 1 saturated heterocycles. The highest BCUT2D eigenvalue weighted by atomic mass is 35.5. The molecule has 0 unspecified atom stereocenters. The van der Waals surface area contributed by atoms with Gasteiger partial charge in [0, 0.05) is 43.3 Å². The minimum Gasteiger partial charge on any atom is -0.336 e. The van der Waals surface area contributed by atoms with Gasteiger partial charge in [-0.3, -0.25) is 9.69 Å². The van der Waals surface area contributed by atoms with E-state index < -0.39 is 0 Å². The van der Waals surface area contributed by atoms with Gasteiger partial charge < -0.3 is 4.90 Å². The smallest absolute Gasteiger partial charge is 0.253 e. The first-order chi connectivity index (χ1) is 11.7. The highest BCUT2D eigenvalue weighted by Crippen LogP contribution is 2.15. The molecule has 1 heterocycles. The average molecular weight is 340 g/mol. The van der Waals surface area contributed by atoms with Crippen LogP contribution in [-0.2, 0) is 6.54 Å². The van der Waals surface area contributed by atoms with Gasteiger partial charge in [-0.05, 0) is 35.9 Å². The van der Waals surface area contributed by atoms with E-state index in [0.29, 0.717) is 23.7 Å². The van der Waals surface area contributed by atoms with Gasteiger partial charge in [0.2, 0.25) is 0 Å². The molecule has 2 aromatic carbocycles. The number of nitrogens with zero attached hydrogens (tertiary/aromatic N) is 3. The molecule has 0 saturated carbocycles. The Labute approximate surface area is 146 Å². The molecule has 0 spiro atoms. The first-order valence-corrected chi connectivity index (χ1v) is 8.30. The maximum Gasteiger partial charge on any atom is 0.253 e. The van der Waals surface area contributed by atoms with Gasteiger partial charge in [0.1, 0.15) is 0 Å². The lowest BCUT2D eigenvalue weighted by molar-refractivity contribution is 0.0628. The second kappa shape index (κ2) is 7.48. The molecule has 2 aromatic rings. The molecule has 1 fully saturated rings. The van der Waals surface area contributed by atoms with Crippen molar-refractivity contribution in [3.8, 4) is 6.07 Å². The summed E-state index contributed by atoms with van der Waals surface area (Å²) in [5.74, 6) is 0.0451. The van der Waals surface area contributed by atoms with Crippen LogP contribution in [0.1, 0.15) is 21.5 Å². The first kappa shape index (κ1) is 16.5. The number of piperazine rings is 1. The number of carbonyl (C=O) groups is 1. The molecule has 5 heteroatoms. The van der Waals surface area contributed by atoms with Crippen molar-refractivity contribution in [1.29, 1.82) is 5.26 Å². The summed E-state index contributed by atoms with van der Waals surface area (Å²) in [5, 5.41) is 9.81. The Balaban J connectivity index is 1.59. The molecule has 0 radical (unpaired) electrons. The van der Waals surface area contributed by atoms with Crippen LogP contribution in [0, 0.1) is 11.3 Å². The van der Waals surface area contributed by atoms with Crippen molar-refractivity contribution in [3.63, 3.8) is 0 Å². The molecular formula is C19H18ClN3O. The van der Waals surface area contributed by atoms with Crippen molar-refractivity contribution >= 4 is 17.5 Å². The van der Waals surface area contributed by atoms with Crippen LogP contribution in [0.3, 0.4) is 0 Å². The number of benzene rings is 2. The lowest BCUT2D eigenvalue weighted by atomic mass is 10.1. The number of carbonyl (C=O) groups excluding carboxylic acids is 1. The zero-order chi connectivity index (χ0) is 16.9. The molecule has 1 aliphatic heterocycles. The minimum atomic E-state index is 0.0451. The lowest BCUT2D eigenvalue weighted by Gasteiger charge is -2.35. The molecule has 0 atom stereocenters. The Morgan fingerprint density at radius 1 is 1.04 bits per heavy atom. The van der Waals surface area contributed by atoms with Gasteiger partial charge in [0.25, 0.3) is 5.91 Å². The molecular weight excluding hydrogens is 322 g/mol. The third-order valence-electron chi connectivity index (χ3n) is 4.28. The third-order valence-corrected chi connectivity index (χ3v) is 4.53. The summed E-state index contributed by atoms with van der Waals surface area (Å²) in [6, 6.07) is 16.9. The summed E-state index contributed by atoms with van der Waals surface area (Å²) in [4.78, 5) is 16.6. The van der Waals surface area contributed by atoms with Crippen LogP contribution in [0.5, 0.6) is 0 Å². The van der Waals surface area contributed by atoms with Gasteiger partial charge in [0.15, 0.2) is 0 Å². The Hall–Kier alpha value is -2.35. The van der Waals surface area contributed by atoms with Crippen LogP contribution in [0.2, 0.25) is 5.02 Å². The van der Waals surface area contributed by atoms with E-state index in [1.807, 2.05) is 29.2 Å². The van der Waals surface area contributed by atoms with Gasteiger partial charge >= 0.3 is 0 Å². The summed E-state index contributed by atoms with van der Waals surface area (Å²) in [6.07, 6.45) is 0. The molecule has 0 bridgehead atoms. The van der Waals surface area contributed by atoms with E-state index in [9.17, 15) is 10.1 Å². The fourth-order valence-corrected chi connectivity index (χ4v) is 3.02. The fraction of sp³-hybridized carbons (Fsp3) is 0.263. The number of nitriles is 1. The number of amides is 1. The molecule has 0 aromatic heterocycles. The van der Waals surface area contributed by atoms with Crippen LogP contribution in [0.4, 0.5) is 0 Å². The zero-order valence-electron chi connectivity index (χ0n) is 13.3. The van der Waals surface area contributed by atoms with Gasteiger partial charge in [0.05, 0.1) is 11.6 Å². The largest absolute Gasteiger partial charge is 0.336 e. The molecule has 0 N–H and O–H groups in total. The summed E-state index contributed by atoms with van der Waals surface area (Å²) < 4.78 is 0. The standard InChI is InChI=1S/C19H18ClN3O/c20-18-7-5-15(6-8-18)19(24)23-11-9-22(10-12-23)14-17-4-2-1-3-16(17)13-21/h1-8H,9-12,14H2. The van der Waals surface area contributed by atoms with Gasteiger partial charge in [-0.1, -0.05) is 29.8 Å². The van der Waals surface area contributed by atoms with Crippen LogP contribution in [0.15, 0.2) is 48.5 Å². The van der Waals surface area contributed by atoms with E-state index in [1.165, 1.54) is 0 Å². The first-order valence-electron chi connectivity index (χ1n) is 7.92. The fourth-order valence-electron chi connectivity index (χ4n) is 2.89. The zero-order valence-corrected chi connectivity index (χ0v) is 14.0. The predicted molar refractivity (Wildman–Crippen MR) is 93.8 cm³/mol. The van der Waals surface area contributed by atoms with Crippen LogP contribution >= 0.6 is 11.6 Å². The van der Waals surface area contributed by atoms with Crippen molar-refractivity contribution in [1.82, 2.24) is 9.80 Å². The maximum atomic E-state index is 12.5. The number of rotatable bonds is 3. The minimum absolute atomic E-state index is 0.0451. The summed E-state index contributed by atoms with van der Waals surface area (Å²) in [6.45, 7) is 3.73. The van der Waals surface area contributed by atoms with E-state index in [2.05, 4.69) is 11.0 Å². The van der Waals surface area contributed by atoms with E-state index in [4.69, 9.17) is 11.6 Å². The van der Waals surface area contributed by atoms with Crippen LogP contribution < -0.4 is 0 Å². The molecule has 1 aliphatic rings. The number of halogens is 1.